The number of methoxy groups -OCH3 is 1. The third-order valence-corrected chi connectivity index (χ3v) is 6.64. The van der Waals surface area contributed by atoms with E-state index in [1.54, 1.807) is 14.2 Å². The Morgan fingerprint density at radius 1 is 1.32 bits per heavy atom. The predicted molar refractivity (Wildman–Crippen MR) is 116 cm³/mol. The Balaban J connectivity index is 0.00000576. The van der Waals surface area contributed by atoms with Crippen LogP contribution in [0.4, 0.5) is 0 Å². The van der Waals surface area contributed by atoms with E-state index in [0.29, 0.717) is 13.0 Å². The Labute approximate surface area is 170 Å². The molecule has 0 radical (unpaired) electrons. The highest BCUT2D eigenvalue weighted by Crippen LogP contribution is 2.51. The van der Waals surface area contributed by atoms with E-state index in [2.05, 4.69) is 50.2 Å². The minimum absolute atomic E-state index is 0. The molecule has 0 aliphatic heterocycles. The molecule has 1 aliphatic carbocycles. The van der Waals surface area contributed by atoms with Crippen molar-refractivity contribution in [2.75, 3.05) is 32.7 Å². The van der Waals surface area contributed by atoms with Crippen LogP contribution in [0.3, 0.4) is 0 Å². The molecule has 0 saturated heterocycles. The maximum absolute atomic E-state index is 11.4. The fourth-order valence-corrected chi connectivity index (χ4v) is 3.88. The lowest BCUT2D eigenvalue weighted by atomic mass is 9.56. The first-order valence-corrected chi connectivity index (χ1v) is 10.5. The summed E-state index contributed by atoms with van der Waals surface area (Å²) in [6.07, 6.45) is 2.82. The lowest BCUT2D eigenvalue weighted by Crippen LogP contribution is -2.69. The largest absolute Gasteiger partial charge is 0.378 e. The van der Waals surface area contributed by atoms with Gasteiger partial charge in [-0.05, 0) is 25.2 Å². The molecule has 1 saturated carbocycles. The Kier molecular flexibility index (Phi) is 8.70. The Morgan fingerprint density at radius 3 is 2.28 bits per heavy atom. The van der Waals surface area contributed by atoms with Crippen molar-refractivity contribution >= 4 is 39.8 Å². The zero-order valence-corrected chi connectivity index (χ0v) is 20.0. The Bertz CT molecular complexity index is 576. The van der Waals surface area contributed by atoms with E-state index in [9.17, 15) is 8.42 Å². The molecule has 1 rings (SSSR count). The lowest BCUT2D eigenvalue weighted by molar-refractivity contribution is -0.176. The highest BCUT2D eigenvalue weighted by Gasteiger charge is 2.58. The number of sulfone groups is 1. The van der Waals surface area contributed by atoms with Crippen LogP contribution in [-0.2, 0) is 14.6 Å². The van der Waals surface area contributed by atoms with Crippen LogP contribution in [0.25, 0.3) is 0 Å². The van der Waals surface area contributed by atoms with E-state index >= 15 is 0 Å². The van der Waals surface area contributed by atoms with Crippen molar-refractivity contribution < 1.29 is 13.2 Å². The predicted octanol–water partition coefficient (Wildman–Crippen LogP) is 2.43. The summed E-state index contributed by atoms with van der Waals surface area (Å²) >= 11 is 0. The highest BCUT2D eigenvalue weighted by atomic mass is 127. The number of aliphatic imine (C=N–C) groups is 1. The number of halogens is 1. The number of rotatable bonds is 7. The zero-order valence-electron chi connectivity index (χ0n) is 16.9. The number of ether oxygens (including phenoxy) is 1. The van der Waals surface area contributed by atoms with E-state index in [1.807, 2.05) is 0 Å². The molecule has 150 valence electrons. The van der Waals surface area contributed by atoms with E-state index in [4.69, 9.17) is 4.74 Å². The molecule has 6 nitrogen and oxygen atoms in total. The number of guanidine groups is 1. The minimum Gasteiger partial charge on any atom is -0.378 e. The molecule has 2 atom stereocenters. The van der Waals surface area contributed by atoms with E-state index in [1.165, 1.54) is 6.26 Å². The summed E-state index contributed by atoms with van der Waals surface area (Å²) in [6.45, 7) is 11.3. The quantitative estimate of drug-likeness (QED) is 0.326. The molecule has 25 heavy (non-hydrogen) atoms. The second-order valence-corrected chi connectivity index (χ2v) is 10.8. The maximum Gasteiger partial charge on any atom is 0.191 e. The van der Waals surface area contributed by atoms with Crippen molar-refractivity contribution in [3.05, 3.63) is 0 Å². The molecular formula is C17H36IN3O3S. The van der Waals surface area contributed by atoms with Crippen molar-refractivity contribution in [2.24, 2.45) is 15.8 Å². The molecule has 0 aromatic heterocycles. The SMILES string of the molecule is CN=C(NCC(C)(C)CCS(C)(=O)=O)NC1CC(C)(OC)C1(C)C.I. The van der Waals surface area contributed by atoms with Gasteiger partial charge in [-0.2, -0.15) is 0 Å². The van der Waals surface area contributed by atoms with Gasteiger partial charge in [-0.3, -0.25) is 4.99 Å². The topological polar surface area (TPSA) is 79.8 Å². The van der Waals surface area contributed by atoms with Gasteiger partial charge in [-0.1, -0.05) is 27.7 Å². The molecule has 0 spiro atoms. The van der Waals surface area contributed by atoms with Crippen molar-refractivity contribution in [2.45, 2.75) is 59.1 Å². The maximum atomic E-state index is 11.4. The van der Waals surface area contributed by atoms with Crippen molar-refractivity contribution in [1.29, 1.82) is 0 Å². The summed E-state index contributed by atoms with van der Waals surface area (Å²) < 4.78 is 28.4. The van der Waals surface area contributed by atoms with E-state index in [-0.39, 0.29) is 52.2 Å². The first kappa shape index (κ1) is 24.9. The van der Waals surface area contributed by atoms with Crippen LogP contribution in [-0.4, -0.2) is 58.7 Å². The molecule has 0 bridgehead atoms. The smallest absolute Gasteiger partial charge is 0.191 e. The molecular weight excluding hydrogens is 453 g/mol. The summed E-state index contributed by atoms with van der Waals surface area (Å²) in [6, 6.07) is 0.285. The Hall–Kier alpha value is -0.0900. The van der Waals surface area contributed by atoms with E-state index < -0.39 is 9.84 Å². The van der Waals surface area contributed by atoms with Gasteiger partial charge in [0, 0.05) is 38.4 Å². The molecule has 8 heteroatoms. The average molecular weight is 489 g/mol. The van der Waals surface area contributed by atoms with Crippen LogP contribution in [0, 0.1) is 10.8 Å². The molecule has 1 fully saturated rings. The van der Waals surface area contributed by atoms with Crippen molar-refractivity contribution in [3.63, 3.8) is 0 Å². The molecule has 0 amide bonds. The normalized spacial score (nSPS) is 26.4. The molecule has 0 aromatic carbocycles. The van der Waals surface area contributed by atoms with Gasteiger partial charge in [0.05, 0.1) is 11.4 Å². The lowest BCUT2D eigenvalue weighted by Gasteiger charge is -2.59. The standard InChI is InChI=1S/C17H35N3O3S.HI/c1-15(2,9-10-24(8,21)22)12-19-14(18-6)20-13-11-17(5,23-7)16(13,3)4;/h13H,9-12H2,1-8H3,(H2,18,19,20);1H. The third-order valence-electron chi connectivity index (χ3n) is 5.70. The molecule has 2 N–H and O–H groups in total. The number of nitrogens with one attached hydrogen (secondary N) is 2. The van der Waals surface area contributed by atoms with Crippen molar-refractivity contribution in [3.8, 4) is 0 Å². The Morgan fingerprint density at radius 2 is 1.88 bits per heavy atom. The molecule has 0 heterocycles. The first-order valence-electron chi connectivity index (χ1n) is 8.46. The summed E-state index contributed by atoms with van der Waals surface area (Å²) in [5.74, 6) is 0.953. The van der Waals surface area contributed by atoms with E-state index in [0.717, 1.165) is 12.4 Å². The van der Waals surface area contributed by atoms with Gasteiger partial charge in [-0.15, -0.1) is 24.0 Å². The van der Waals surface area contributed by atoms with Gasteiger partial charge in [0.15, 0.2) is 5.96 Å². The van der Waals surface area contributed by atoms with Crippen molar-refractivity contribution in [1.82, 2.24) is 10.6 Å². The van der Waals surface area contributed by atoms with Gasteiger partial charge in [0.2, 0.25) is 0 Å². The van der Waals surface area contributed by atoms with Crippen LogP contribution in [0.5, 0.6) is 0 Å². The van der Waals surface area contributed by atoms with Gasteiger partial charge in [-0.25, -0.2) is 8.42 Å². The van der Waals surface area contributed by atoms with Gasteiger partial charge < -0.3 is 15.4 Å². The second-order valence-electron chi connectivity index (χ2n) is 8.53. The van der Waals surface area contributed by atoms with Crippen LogP contribution >= 0.6 is 24.0 Å². The van der Waals surface area contributed by atoms with Crippen LogP contribution in [0.15, 0.2) is 4.99 Å². The number of nitrogens with zero attached hydrogens (tertiary/aromatic N) is 1. The highest BCUT2D eigenvalue weighted by molar-refractivity contribution is 14.0. The average Bonchev–Trinajstić information content (AvgIpc) is 2.47. The fraction of sp³-hybridized carbons (Fsp3) is 0.941. The molecule has 0 aromatic rings. The zero-order chi connectivity index (χ0) is 18.8. The molecule has 1 aliphatic rings. The first-order chi connectivity index (χ1) is 10.8. The van der Waals surface area contributed by atoms with Gasteiger partial charge in [0.25, 0.3) is 0 Å². The van der Waals surface area contributed by atoms with Crippen LogP contribution in [0.1, 0.15) is 47.5 Å². The fourth-order valence-electron chi connectivity index (χ4n) is 2.96. The summed E-state index contributed by atoms with van der Waals surface area (Å²) in [4.78, 5) is 4.30. The third kappa shape index (κ3) is 6.53. The van der Waals surface area contributed by atoms with Gasteiger partial charge >= 0.3 is 0 Å². The second kappa shape index (κ2) is 8.73. The number of hydrogen-bond acceptors (Lipinski definition) is 4. The van der Waals surface area contributed by atoms with Gasteiger partial charge in [0.1, 0.15) is 9.84 Å². The monoisotopic (exact) mass is 489 g/mol. The number of hydrogen-bond donors (Lipinski definition) is 2. The minimum atomic E-state index is -2.93. The van der Waals surface area contributed by atoms with Crippen LogP contribution in [0.2, 0.25) is 0 Å². The molecule has 2 unspecified atom stereocenters. The van der Waals surface area contributed by atoms with Crippen LogP contribution < -0.4 is 10.6 Å². The summed E-state index contributed by atoms with van der Waals surface area (Å²) in [5, 5.41) is 6.80. The summed E-state index contributed by atoms with van der Waals surface area (Å²) in [7, 11) is 0.575. The summed E-state index contributed by atoms with van der Waals surface area (Å²) in [5.41, 5.74) is -0.250.